The first-order valence-electron chi connectivity index (χ1n) is 6.17. The van der Waals surface area contributed by atoms with Crippen molar-refractivity contribution >= 4 is 0 Å². The van der Waals surface area contributed by atoms with Gasteiger partial charge < -0.3 is 10.5 Å². The Morgan fingerprint density at radius 1 is 1.00 bits per heavy atom. The molecule has 1 aliphatic rings. The summed E-state index contributed by atoms with van der Waals surface area (Å²) >= 11 is 0. The van der Waals surface area contributed by atoms with E-state index in [0.29, 0.717) is 6.61 Å². The van der Waals surface area contributed by atoms with Crippen LogP contribution < -0.4 is 10.5 Å². The molecule has 1 heterocycles. The van der Waals surface area contributed by atoms with Gasteiger partial charge in [-0.05, 0) is 48.2 Å². The summed E-state index contributed by atoms with van der Waals surface area (Å²) in [6, 6.07) is 12.1. The zero-order valence-corrected chi connectivity index (χ0v) is 10.2. The first-order valence-corrected chi connectivity index (χ1v) is 6.17. The summed E-state index contributed by atoms with van der Waals surface area (Å²) in [5, 5.41) is 0. The standard InChI is InChI=1S/C15H16N2O/c16-15(7-8-15)11-18-14-3-1-12(2-4-14)13-5-9-17-10-6-13/h1-6,9-10H,7-8,11,16H2. The number of hydrogen-bond donors (Lipinski definition) is 1. The molecule has 3 heteroatoms. The van der Waals surface area contributed by atoms with Gasteiger partial charge in [0.2, 0.25) is 0 Å². The van der Waals surface area contributed by atoms with Crippen molar-refractivity contribution in [3.63, 3.8) is 0 Å². The first-order chi connectivity index (χ1) is 8.75. The molecule has 0 aliphatic heterocycles. The molecule has 1 aromatic heterocycles. The topological polar surface area (TPSA) is 48.1 Å². The molecule has 3 nitrogen and oxygen atoms in total. The van der Waals surface area contributed by atoms with Crippen molar-refractivity contribution in [1.82, 2.24) is 4.98 Å². The molecule has 18 heavy (non-hydrogen) atoms. The second-order valence-electron chi connectivity index (χ2n) is 4.91. The maximum Gasteiger partial charge on any atom is 0.119 e. The van der Waals surface area contributed by atoms with E-state index in [2.05, 4.69) is 17.1 Å². The molecule has 1 saturated carbocycles. The Morgan fingerprint density at radius 3 is 2.22 bits per heavy atom. The van der Waals surface area contributed by atoms with Gasteiger partial charge in [-0.15, -0.1) is 0 Å². The highest BCUT2D eigenvalue weighted by Crippen LogP contribution is 2.32. The molecule has 1 aliphatic carbocycles. The summed E-state index contributed by atoms with van der Waals surface area (Å²) in [5.41, 5.74) is 8.24. The van der Waals surface area contributed by atoms with E-state index in [1.807, 2.05) is 24.3 Å². The minimum atomic E-state index is -0.0657. The second kappa shape index (κ2) is 4.42. The van der Waals surface area contributed by atoms with Crippen LogP contribution in [0.2, 0.25) is 0 Å². The second-order valence-corrected chi connectivity index (χ2v) is 4.91. The Balaban J connectivity index is 1.69. The van der Waals surface area contributed by atoms with Gasteiger partial charge in [0.15, 0.2) is 0 Å². The molecule has 92 valence electrons. The van der Waals surface area contributed by atoms with Gasteiger partial charge in [0.1, 0.15) is 12.4 Å². The van der Waals surface area contributed by atoms with E-state index in [0.717, 1.165) is 24.2 Å². The van der Waals surface area contributed by atoms with Gasteiger partial charge in [-0.1, -0.05) is 12.1 Å². The largest absolute Gasteiger partial charge is 0.492 e. The van der Waals surface area contributed by atoms with E-state index in [-0.39, 0.29) is 5.54 Å². The van der Waals surface area contributed by atoms with E-state index in [4.69, 9.17) is 10.5 Å². The van der Waals surface area contributed by atoms with Gasteiger partial charge >= 0.3 is 0 Å². The van der Waals surface area contributed by atoms with Gasteiger partial charge in [0, 0.05) is 12.4 Å². The fourth-order valence-corrected chi connectivity index (χ4v) is 1.82. The summed E-state index contributed by atoms with van der Waals surface area (Å²) in [6.45, 7) is 0.613. The quantitative estimate of drug-likeness (QED) is 0.893. The first kappa shape index (κ1) is 11.2. The summed E-state index contributed by atoms with van der Waals surface area (Å²) in [6.07, 6.45) is 5.74. The number of pyridine rings is 1. The minimum absolute atomic E-state index is 0.0657. The highest BCUT2D eigenvalue weighted by atomic mass is 16.5. The van der Waals surface area contributed by atoms with Crippen LogP contribution in [-0.2, 0) is 0 Å². The van der Waals surface area contributed by atoms with Crippen LogP contribution in [-0.4, -0.2) is 17.1 Å². The molecule has 1 aromatic carbocycles. The maximum atomic E-state index is 5.98. The Bertz CT molecular complexity index is 518. The lowest BCUT2D eigenvalue weighted by atomic mass is 10.1. The van der Waals surface area contributed by atoms with Gasteiger partial charge in [0.05, 0.1) is 5.54 Å². The summed E-state index contributed by atoms with van der Waals surface area (Å²) < 4.78 is 5.69. The van der Waals surface area contributed by atoms with E-state index in [1.165, 1.54) is 5.56 Å². The molecule has 0 unspecified atom stereocenters. The predicted octanol–water partition coefficient (Wildman–Crippen LogP) is 2.62. The monoisotopic (exact) mass is 240 g/mol. The molecular weight excluding hydrogens is 224 g/mol. The third-order valence-electron chi connectivity index (χ3n) is 3.29. The van der Waals surface area contributed by atoms with Crippen LogP contribution in [0.1, 0.15) is 12.8 Å². The molecule has 2 N–H and O–H groups in total. The number of rotatable bonds is 4. The number of hydrogen-bond acceptors (Lipinski definition) is 3. The maximum absolute atomic E-state index is 5.98. The van der Waals surface area contributed by atoms with E-state index < -0.39 is 0 Å². The summed E-state index contributed by atoms with van der Waals surface area (Å²) in [4.78, 5) is 4.01. The third-order valence-corrected chi connectivity index (χ3v) is 3.29. The van der Waals surface area contributed by atoms with Crippen molar-refractivity contribution < 1.29 is 4.74 Å². The highest BCUT2D eigenvalue weighted by Gasteiger charge is 2.39. The SMILES string of the molecule is NC1(COc2ccc(-c3ccncc3)cc2)CC1. The van der Waals surface area contributed by atoms with Gasteiger partial charge in [0.25, 0.3) is 0 Å². The lowest BCUT2D eigenvalue weighted by Gasteiger charge is -2.11. The molecule has 3 rings (SSSR count). The fraction of sp³-hybridized carbons (Fsp3) is 0.267. The summed E-state index contributed by atoms with van der Waals surface area (Å²) in [5.74, 6) is 0.879. The van der Waals surface area contributed by atoms with Crippen LogP contribution in [0.5, 0.6) is 5.75 Å². The smallest absolute Gasteiger partial charge is 0.119 e. The van der Waals surface area contributed by atoms with Crippen LogP contribution in [0, 0.1) is 0 Å². The number of nitrogens with zero attached hydrogens (tertiary/aromatic N) is 1. The molecular formula is C15H16N2O. The van der Waals surface area contributed by atoms with Gasteiger partial charge in [-0.2, -0.15) is 0 Å². The summed E-state index contributed by atoms with van der Waals surface area (Å²) in [7, 11) is 0. The molecule has 0 saturated heterocycles. The zero-order chi connectivity index (χ0) is 12.4. The van der Waals surface area contributed by atoms with Gasteiger partial charge in [-0.25, -0.2) is 0 Å². The Morgan fingerprint density at radius 2 is 1.61 bits per heavy atom. The molecule has 0 bridgehead atoms. The van der Waals surface area contributed by atoms with E-state index >= 15 is 0 Å². The lowest BCUT2D eigenvalue weighted by Crippen LogP contribution is -2.29. The Hall–Kier alpha value is -1.87. The van der Waals surface area contributed by atoms with Crippen molar-refractivity contribution in [2.24, 2.45) is 5.73 Å². The average molecular weight is 240 g/mol. The third kappa shape index (κ3) is 2.51. The molecule has 0 spiro atoms. The van der Waals surface area contributed by atoms with Crippen LogP contribution >= 0.6 is 0 Å². The van der Waals surface area contributed by atoms with Crippen LogP contribution in [0.3, 0.4) is 0 Å². The van der Waals surface area contributed by atoms with Crippen LogP contribution in [0.15, 0.2) is 48.8 Å². The number of benzene rings is 1. The fourth-order valence-electron chi connectivity index (χ4n) is 1.82. The van der Waals surface area contributed by atoms with Crippen molar-refractivity contribution in [2.75, 3.05) is 6.61 Å². The minimum Gasteiger partial charge on any atom is -0.492 e. The van der Waals surface area contributed by atoms with E-state index in [1.54, 1.807) is 12.4 Å². The van der Waals surface area contributed by atoms with Crippen molar-refractivity contribution in [3.8, 4) is 16.9 Å². The van der Waals surface area contributed by atoms with Crippen LogP contribution in [0.25, 0.3) is 11.1 Å². The highest BCUT2D eigenvalue weighted by molar-refractivity contribution is 5.63. The van der Waals surface area contributed by atoms with Crippen molar-refractivity contribution in [2.45, 2.75) is 18.4 Å². The molecule has 1 fully saturated rings. The van der Waals surface area contributed by atoms with Crippen molar-refractivity contribution in [1.29, 1.82) is 0 Å². The number of nitrogens with two attached hydrogens (primary N) is 1. The lowest BCUT2D eigenvalue weighted by molar-refractivity contribution is 0.279. The number of aromatic nitrogens is 1. The zero-order valence-electron chi connectivity index (χ0n) is 10.2. The van der Waals surface area contributed by atoms with Crippen molar-refractivity contribution in [3.05, 3.63) is 48.8 Å². The predicted molar refractivity (Wildman–Crippen MR) is 71.3 cm³/mol. The molecule has 2 aromatic rings. The van der Waals surface area contributed by atoms with Crippen LogP contribution in [0.4, 0.5) is 0 Å². The molecule has 0 amide bonds. The average Bonchev–Trinajstić information content (AvgIpc) is 3.17. The molecule has 0 radical (unpaired) electrons. The molecule has 0 atom stereocenters. The Kier molecular flexibility index (Phi) is 2.76. The normalized spacial score (nSPS) is 16.3. The van der Waals surface area contributed by atoms with E-state index in [9.17, 15) is 0 Å². The number of ether oxygens (including phenoxy) is 1. The van der Waals surface area contributed by atoms with Gasteiger partial charge in [-0.3, -0.25) is 4.98 Å². The Labute approximate surface area is 107 Å².